The van der Waals surface area contributed by atoms with Gasteiger partial charge in [0.15, 0.2) is 0 Å². The van der Waals surface area contributed by atoms with Gasteiger partial charge in [0.05, 0.1) is 5.69 Å². The Hall–Kier alpha value is -2.45. The zero-order valence-electron chi connectivity index (χ0n) is 19.0. The van der Waals surface area contributed by atoms with Gasteiger partial charge in [0.2, 0.25) is 5.72 Å². The Balaban J connectivity index is 2.40. The van der Waals surface area contributed by atoms with Crippen LogP contribution in [0.4, 0.5) is 10.5 Å². The van der Waals surface area contributed by atoms with E-state index >= 15 is 0 Å². The van der Waals surface area contributed by atoms with E-state index in [4.69, 9.17) is 18.9 Å². The van der Waals surface area contributed by atoms with Gasteiger partial charge in [-0.2, -0.15) is 0 Å². The number of hydrogen-bond acceptors (Lipinski definition) is 6. The Morgan fingerprint density at radius 3 is 2.06 bits per heavy atom. The van der Waals surface area contributed by atoms with Crippen molar-refractivity contribution in [2.75, 3.05) is 32.8 Å². The molecule has 0 fully saturated rings. The number of methoxy groups -OCH3 is 3. The zero-order chi connectivity index (χ0) is 22.9. The SMILES string of the molecule is COC1(OC)c2ccccc2N(C(=O)OC(C)(C)C)C1(OC)c1ccccc1CCO. The highest BCUT2D eigenvalue weighted by Crippen LogP contribution is 2.59. The highest BCUT2D eigenvalue weighted by Gasteiger charge is 2.69. The van der Waals surface area contributed by atoms with Crippen molar-refractivity contribution in [1.29, 1.82) is 0 Å². The smallest absolute Gasteiger partial charge is 0.417 e. The van der Waals surface area contributed by atoms with Gasteiger partial charge in [-0.1, -0.05) is 42.5 Å². The number of benzene rings is 2. The van der Waals surface area contributed by atoms with Crippen molar-refractivity contribution >= 4 is 11.8 Å². The number of carbonyl (C=O) groups excluding carboxylic acids is 1. The summed E-state index contributed by atoms with van der Waals surface area (Å²) in [5, 5.41) is 9.68. The van der Waals surface area contributed by atoms with E-state index in [2.05, 4.69) is 0 Å². The number of aliphatic hydroxyl groups is 1. The fraction of sp³-hybridized carbons (Fsp3) is 0.458. The van der Waals surface area contributed by atoms with Crippen LogP contribution >= 0.6 is 0 Å². The molecule has 2 aromatic carbocycles. The lowest BCUT2D eigenvalue weighted by atomic mass is 9.87. The van der Waals surface area contributed by atoms with Crippen molar-refractivity contribution in [3.8, 4) is 0 Å². The minimum absolute atomic E-state index is 0.0663. The lowest BCUT2D eigenvalue weighted by molar-refractivity contribution is -0.315. The third-order valence-corrected chi connectivity index (χ3v) is 5.47. The first-order chi connectivity index (χ1) is 14.7. The number of nitrogens with zero attached hydrogens (tertiary/aromatic N) is 1. The Bertz CT molecular complexity index is 934. The van der Waals surface area contributed by atoms with Crippen molar-refractivity contribution in [3.63, 3.8) is 0 Å². The van der Waals surface area contributed by atoms with Crippen LogP contribution in [0, 0.1) is 0 Å². The summed E-state index contributed by atoms with van der Waals surface area (Å²) in [4.78, 5) is 15.1. The van der Waals surface area contributed by atoms with Crippen LogP contribution in [0.25, 0.3) is 0 Å². The molecular weight excluding hydrogens is 398 g/mol. The number of hydrogen-bond donors (Lipinski definition) is 1. The highest BCUT2D eigenvalue weighted by molar-refractivity contribution is 5.93. The van der Waals surface area contributed by atoms with Gasteiger partial charge in [0, 0.05) is 39.1 Å². The second-order valence-electron chi connectivity index (χ2n) is 8.34. The van der Waals surface area contributed by atoms with Crippen LogP contribution in [-0.2, 0) is 36.9 Å². The lowest BCUT2D eigenvalue weighted by Crippen LogP contribution is -2.61. The molecule has 1 unspecified atom stereocenters. The molecule has 1 heterocycles. The maximum absolute atomic E-state index is 13.6. The molecule has 0 aliphatic carbocycles. The van der Waals surface area contributed by atoms with E-state index in [9.17, 15) is 9.90 Å². The van der Waals surface area contributed by atoms with Gasteiger partial charge in [-0.3, -0.25) is 0 Å². The van der Waals surface area contributed by atoms with Crippen molar-refractivity contribution in [3.05, 3.63) is 65.2 Å². The monoisotopic (exact) mass is 429 g/mol. The average Bonchev–Trinajstić information content (AvgIpc) is 3.00. The number of carbonyl (C=O) groups is 1. The first-order valence-corrected chi connectivity index (χ1v) is 10.2. The molecule has 0 saturated heterocycles. The van der Waals surface area contributed by atoms with E-state index in [-0.39, 0.29) is 6.61 Å². The molecule has 1 N–H and O–H groups in total. The summed E-state index contributed by atoms with van der Waals surface area (Å²) in [6.45, 7) is 5.35. The summed E-state index contributed by atoms with van der Waals surface area (Å²) in [6, 6.07) is 14.8. The molecule has 7 nitrogen and oxygen atoms in total. The maximum atomic E-state index is 13.6. The molecule has 0 radical (unpaired) electrons. The number of ether oxygens (including phenoxy) is 4. The van der Waals surface area contributed by atoms with Gasteiger partial charge in [-0.15, -0.1) is 0 Å². The molecule has 1 atom stereocenters. The normalized spacial score (nSPS) is 19.9. The third kappa shape index (κ3) is 3.51. The lowest BCUT2D eigenvalue weighted by Gasteiger charge is -2.47. The van der Waals surface area contributed by atoms with Gasteiger partial charge in [0.1, 0.15) is 5.60 Å². The van der Waals surface area contributed by atoms with E-state index in [1.54, 1.807) is 20.8 Å². The Kier molecular flexibility index (Phi) is 6.43. The van der Waals surface area contributed by atoms with E-state index in [1.807, 2.05) is 48.5 Å². The van der Waals surface area contributed by atoms with E-state index < -0.39 is 23.2 Å². The highest BCUT2D eigenvalue weighted by atomic mass is 16.7. The molecule has 0 bridgehead atoms. The van der Waals surface area contributed by atoms with Gasteiger partial charge < -0.3 is 24.1 Å². The van der Waals surface area contributed by atoms with Gasteiger partial charge in [0.25, 0.3) is 5.79 Å². The van der Waals surface area contributed by atoms with Crippen LogP contribution in [0.1, 0.15) is 37.5 Å². The molecule has 31 heavy (non-hydrogen) atoms. The zero-order valence-corrected chi connectivity index (χ0v) is 19.0. The fourth-order valence-electron chi connectivity index (χ4n) is 4.38. The van der Waals surface area contributed by atoms with Crippen molar-refractivity contribution in [2.45, 2.75) is 44.3 Å². The molecule has 168 valence electrons. The van der Waals surface area contributed by atoms with Crippen LogP contribution in [0.2, 0.25) is 0 Å². The summed E-state index contributed by atoms with van der Waals surface area (Å²) < 4.78 is 24.0. The van der Waals surface area contributed by atoms with E-state index in [0.717, 1.165) is 5.56 Å². The Morgan fingerprint density at radius 2 is 1.52 bits per heavy atom. The summed E-state index contributed by atoms with van der Waals surface area (Å²) in [5.41, 5.74) is 0.340. The van der Waals surface area contributed by atoms with Gasteiger partial charge in [-0.05, 0) is 38.8 Å². The number of amides is 1. The predicted molar refractivity (Wildman–Crippen MR) is 117 cm³/mol. The number of fused-ring (bicyclic) bond motifs is 1. The molecule has 1 aliphatic heterocycles. The van der Waals surface area contributed by atoms with Crippen molar-refractivity contribution < 1.29 is 28.8 Å². The molecule has 7 heteroatoms. The van der Waals surface area contributed by atoms with Gasteiger partial charge >= 0.3 is 6.09 Å². The van der Waals surface area contributed by atoms with Crippen LogP contribution in [0.3, 0.4) is 0 Å². The molecule has 1 amide bonds. The number of anilines is 1. The van der Waals surface area contributed by atoms with Crippen LogP contribution in [0.5, 0.6) is 0 Å². The standard InChI is InChI=1S/C24H31NO6/c1-22(2,3)31-21(27)25-20-14-10-9-13-19(20)24(29-5,30-6)23(25,28-4)18-12-8-7-11-17(18)15-16-26/h7-14,26H,15-16H2,1-6H3. The molecule has 0 spiro atoms. The first kappa shape index (κ1) is 23.2. The molecule has 3 rings (SSSR count). The van der Waals surface area contributed by atoms with Crippen LogP contribution in [-0.4, -0.2) is 44.7 Å². The predicted octanol–water partition coefficient (Wildman–Crippen LogP) is 3.92. The third-order valence-electron chi connectivity index (χ3n) is 5.47. The second-order valence-corrected chi connectivity index (χ2v) is 8.34. The largest absolute Gasteiger partial charge is 0.443 e. The second kappa shape index (κ2) is 8.59. The topological polar surface area (TPSA) is 77.5 Å². The molecule has 0 saturated carbocycles. The van der Waals surface area contributed by atoms with E-state index in [0.29, 0.717) is 23.2 Å². The fourth-order valence-corrected chi connectivity index (χ4v) is 4.38. The number of aliphatic hydroxyl groups excluding tert-OH is 1. The van der Waals surface area contributed by atoms with Crippen molar-refractivity contribution in [2.24, 2.45) is 0 Å². The molecule has 1 aliphatic rings. The van der Waals surface area contributed by atoms with Crippen molar-refractivity contribution in [1.82, 2.24) is 0 Å². The van der Waals surface area contributed by atoms with Gasteiger partial charge in [-0.25, -0.2) is 9.69 Å². The summed E-state index contributed by atoms with van der Waals surface area (Å²) in [5.74, 6) is -1.49. The Morgan fingerprint density at radius 1 is 0.935 bits per heavy atom. The first-order valence-electron chi connectivity index (χ1n) is 10.2. The average molecular weight is 430 g/mol. The summed E-state index contributed by atoms with van der Waals surface area (Å²) in [7, 11) is 4.54. The van der Waals surface area contributed by atoms with Crippen LogP contribution < -0.4 is 4.90 Å². The summed E-state index contributed by atoms with van der Waals surface area (Å²) >= 11 is 0. The summed E-state index contributed by atoms with van der Waals surface area (Å²) in [6.07, 6.45) is -0.236. The minimum atomic E-state index is -1.55. The Labute approximate surface area is 183 Å². The minimum Gasteiger partial charge on any atom is -0.443 e. The molecular formula is C24H31NO6. The number of rotatable bonds is 6. The molecule has 2 aromatic rings. The number of para-hydroxylation sites is 1. The van der Waals surface area contributed by atoms with E-state index in [1.165, 1.54) is 26.2 Å². The van der Waals surface area contributed by atoms with Crippen LogP contribution in [0.15, 0.2) is 48.5 Å². The maximum Gasteiger partial charge on any atom is 0.417 e. The quantitative estimate of drug-likeness (QED) is 0.702. The molecule has 0 aromatic heterocycles.